The van der Waals surface area contributed by atoms with E-state index in [2.05, 4.69) is 9.97 Å². The molecule has 0 aliphatic heterocycles. The first kappa shape index (κ1) is 11.4. The molecule has 0 aromatic carbocycles. The van der Waals surface area contributed by atoms with E-state index in [1.807, 2.05) is 24.5 Å². The van der Waals surface area contributed by atoms with Gasteiger partial charge in [0.1, 0.15) is 4.90 Å². The van der Waals surface area contributed by atoms with E-state index in [1.54, 1.807) is 0 Å². The van der Waals surface area contributed by atoms with Crippen molar-refractivity contribution in [3.63, 3.8) is 0 Å². The smallest absolute Gasteiger partial charge is 0.296 e. The first-order valence-corrected chi connectivity index (χ1v) is 5.50. The zero-order valence-electron chi connectivity index (χ0n) is 7.74. The molecule has 0 fully saturated rings. The highest BCUT2D eigenvalue weighted by molar-refractivity contribution is 7.85. The Morgan fingerprint density at radius 1 is 1.20 bits per heavy atom. The zero-order valence-corrected chi connectivity index (χ0v) is 8.55. The molecule has 0 saturated heterocycles. The summed E-state index contributed by atoms with van der Waals surface area (Å²) in [6.07, 6.45) is 6.25. The fourth-order valence-corrected chi connectivity index (χ4v) is 1.22. The van der Waals surface area contributed by atoms with Gasteiger partial charge < -0.3 is 4.98 Å². The Bertz CT molecular complexity index is 448. The number of H-pyrrole nitrogens is 1. The molecule has 2 N–H and O–H groups in total. The average molecular weight is 226 g/mol. The Hall–Kier alpha value is -1.66. The van der Waals surface area contributed by atoms with Crippen LogP contribution in [0.2, 0.25) is 0 Å². The van der Waals surface area contributed by atoms with Gasteiger partial charge >= 0.3 is 0 Å². The van der Waals surface area contributed by atoms with E-state index in [-0.39, 0.29) is 4.90 Å². The number of hydrogen-bond donors (Lipinski definition) is 2. The van der Waals surface area contributed by atoms with Crippen LogP contribution >= 0.6 is 0 Å². The van der Waals surface area contributed by atoms with Crippen LogP contribution < -0.4 is 0 Å². The summed E-state index contributed by atoms with van der Waals surface area (Å²) in [5.41, 5.74) is 0. The SMILES string of the molecule is O=S(=O)(O)c1cccnc1.c1cc[nH]c1. The van der Waals surface area contributed by atoms with Crippen molar-refractivity contribution in [3.05, 3.63) is 49.1 Å². The molecule has 0 atom stereocenters. The Kier molecular flexibility index (Phi) is 4.02. The van der Waals surface area contributed by atoms with Crippen LogP contribution in [0, 0.1) is 0 Å². The lowest BCUT2D eigenvalue weighted by Crippen LogP contribution is -1.97. The van der Waals surface area contributed by atoms with Gasteiger partial charge in [-0.1, -0.05) is 0 Å². The van der Waals surface area contributed by atoms with Crippen LogP contribution in [-0.2, 0) is 10.1 Å². The monoisotopic (exact) mass is 226 g/mol. The number of aromatic nitrogens is 2. The molecule has 0 radical (unpaired) electrons. The van der Waals surface area contributed by atoms with Gasteiger partial charge in [0.15, 0.2) is 0 Å². The Labute approximate surface area is 87.6 Å². The summed E-state index contributed by atoms with van der Waals surface area (Å²) in [6.45, 7) is 0. The van der Waals surface area contributed by atoms with Gasteiger partial charge in [-0.25, -0.2) is 0 Å². The molecule has 2 aromatic rings. The number of rotatable bonds is 1. The summed E-state index contributed by atoms with van der Waals surface area (Å²) >= 11 is 0. The summed E-state index contributed by atoms with van der Waals surface area (Å²) in [5.74, 6) is 0. The molecule has 80 valence electrons. The average Bonchev–Trinajstić information content (AvgIpc) is 2.76. The Balaban J connectivity index is 0.000000187. The lowest BCUT2D eigenvalue weighted by atomic mass is 10.5. The van der Waals surface area contributed by atoms with Gasteiger partial charge in [0.05, 0.1) is 0 Å². The van der Waals surface area contributed by atoms with Gasteiger partial charge in [-0.2, -0.15) is 8.42 Å². The second-order valence-corrected chi connectivity index (χ2v) is 3.97. The summed E-state index contributed by atoms with van der Waals surface area (Å²) in [6, 6.07) is 6.59. The van der Waals surface area contributed by atoms with Crippen LogP contribution in [0.3, 0.4) is 0 Å². The van der Waals surface area contributed by atoms with Crippen LogP contribution in [0.4, 0.5) is 0 Å². The molecule has 2 rings (SSSR count). The standard InChI is InChI=1S/C5H5NO3S.C4H5N/c7-10(8,9)5-2-1-3-6-4-5;1-2-4-5-3-1/h1-4H,(H,7,8,9);1-5H. The number of nitrogens with zero attached hydrogens (tertiary/aromatic N) is 1. The zero-order chi connectivity index (χ0) is 11.1. The maximum absolute atomic E-state index is 10.3. The van der Waals surface area contributed by atoms with E-state index >= 15 is 0 Å². The van der Waals surface area contributed by atoms with Gasteiger partial charge in [-0.15, -0.1) is 0 Å². The predicted octanol–water partition coefficient (Wildman–Crippen LogP) is 1.34. The van der Waals surface area contributed by atoms with Gasteiger partial charge in [-0.05, 0) is 24.3 Å². The molecule has 0 saturated carbocycles. The fraction of sp³-hybridized carbons (Fsp3) is 0. The number of hydrogen-bond acceptors (Lipinski definition) is 3. The molecule has 2 aromatic heterocycles. The second-order valence-electron chi connectivity index (χ2n) is 2.55. The molecule has 0 bridgehead atoms. The van der Waals surface area contributed by atoms with Crippen molar-refractivity contribution >= 4 is 10.1 Å². The number of nitrogens with one attached hydrogen (secondary N) is 1. The van der Waals surface area contributed by atoms with Crippen LogP contribution in [0.25, 0.3) is 0 Å². The maximum atomic E-state index is 10.3. The number of aromatic amines is 1. The molecule has 0 amide bonds. The van der Waals surface area contributed by atoms with Crippen molar-refractivity contribution in [2.24, 2.45) is 0 Å². The summed E-state index contributed by atoms with van der Waals surface area (Å²) < 4.78 is 29.1. The quantitative estimate of drug-likeness (QED) is 0.719. The third-order valence-corrected chi connectivity index (χ3v) is 2.27. The molecule has 2 heterocycles. The fourth-order valence-electron chi connectivity index (χ4n) is 0.777. The van der Waals surface area contributed by atoms with E-state index in [0.717, 1.165) is 6.20 Å². The molecule has 0 aliphatic carbocycles. The van der Waals surface area contributed by atoms with Crippen LogP contribution in [-0.4, -0.2) is 22.9 Å². The van der Waals surface area contributed by atoms with Crippen molar-refractivity contribution in [3.8, 4) is 0 Å². The maximum Gasteiger partial charge on any atom is 0.296 e. The molecule has 5 nitrogen and oxygen atoms in total. The Morgan fingerprint density at radius 2 is 1.87 bits per heavy atom. The molecule has 0 unspecified atom stereocenters. The van der Waals surface area contributed by atoms with E-state index < -0.39 is 10.1 Å². The van der Waals surface area contributed by atoms with Gasteiger partial charge in [0, 0.05) is 24.8 Å². The first-order valence-electron chi connectivity index (χ1n) is 4.06. The van der Waals surface area contributed by atoms with E-state index in [9.17, 15) is 8.42 Å². The van der Waals surface area contributed by atoms with Crippen LogP contribution in [0.5, 0.6) is 0 Å². The molecule has 0 aliphatic rings. The third kappa shape index (κ3) is 4.39. The van der Waals surface area contributed by atoms with E-state index in [4.69, 9.17) is 4.55 Å². The normalized spacial score (nSPS) is 10.2. The molecular weight excluding hydrogens is 216 g/mol. The van der Waals surface area contributed by atoms with Crippen molar-refractivity contribution < 1.29 is 13.0 Å². The molecular formula is C9H10N2O3S. The van der Waals surface area contributed by atoms with Crippen molar-refractivity contribution in [1.82, 2.24) is 9.97 Å². The predicted molar refractivity (Wildman–Crippen MR) is 54.8 cm³/mol. The van der Waals surface area contributed by atoms with Crippen LogP contribution in [0.1, 0.15) is 0 Å². The highest BCUT2D eigenvalue weighted by Crippen LogP contribution is 2.03. The molecule has 15 heavy (non-hydrogen) atoms. The summed E-state index contributed by atoms with van der Waals surface area (Å²) in [7, 11) is -4.07. The minimum Gasteiger partial charge on any atom is -0.368 e. The Morgan fingerprint density at radius 3 is 2.13 bits per heavy atom. The van der Waals surface area contributed by atoms with Gasteiger partial charge in [-0.3, -0.25) is 9.54 Å². The summed E-state index contributed by atoms with van der Waals surface area (Å²) in [4.78, 5) is 6.19. The number of pyridine rings is 1. The third-order valence-electron chi connectivity index (χ3n) is 1.43. The van der Waals surface area contributed by atoms with Gasteiger partial charge in [0.25, 0.3) is 10.1 Å². The lowest BCUT2D eigenvalue weighted by Gasteiger charge is -1.91. The first-order chi connectivity index (χ1) is 7.11. The van der Waals surface area contributed by atoms with E-state index in [1.165, 1.54) is 18.3 Å². The second kappa shape index (κ2) is 5.28. The summed E-state index contributed by atoms with van der Waals surface area (Å²) in [5, 5.41) is 0. The highest BCUT2D eigenvalue weighted by atomic mass is 32.2. The molecule has 0 spiro atoms. The lowest BCUT2D eigenvalue weighted by molar-refractivity contribution is 0.483. The van der Waals surface area contributed by atoms with Crippen LogP contribution in [0.15, 0.2) is 53.9 Å². The van der Waals surface area contributed by atoms with Crippen molar-refractivity contribution in [1.29, 1.82) is 0 Å². The van der Waals surface area contributed by atoms with Crippen molar-refractivity contribution in [2.75, 3.05) is 0 Å². The van der Waals surface area contributed by atoms with Crippen molar-refractivity contribution in [2.45, 2.75) is 4.90 Å². The molecule has 6 heteroatoms. The topological polar surface area (TPSA) is 83.1 Å². The largest absolute Gasteiger partial charge is 0.368 e. The highest BCUT2D eigenvalue weighted by Gasteiger charge is 2.06. The minimum absolute atomic E-state index is 0.185. The minimum atomic E-state index is -4.07. The van der Waals surface area contributed by atoms with E-state index in [0.29, 0.717) is 0 Å². The van der Waals surface area contributed by atoms with Gasteiger partial charge in [0.2, 0.25) is 0 Å².